The maximum atomic E-state index is 12.3. The summed E-state index contributed by atoms with van der Waals surface area (Å²) in [5, 5.41) is 0. The van der Waals surface area contributed by atoms with E-state index in [1.54, 1.807) is 12.3 Å². The smallest absolute Gasteiger partial charge is 0.260 e. The lowest BCUT2D eigenvalue weighted by Crippen LogP contribution is -2.50. The number of nitrogens with zero attached hydrogens (tertiary/aromatic N) is 2. The largest absolute Gasteiger partial charge is 0.484 e. The Labute approximate surface area is 140 Å². The summed E-state index contributed by atoms with van der Waals surface area (Å²) in [7, 11) is 0. The van der Waals surface area contributed by atoms with Gasteiger partial charge in [-0.15, -0.1) is 0 Å². The summed E-state index contributed by atoms with van der Waals surface area (Å²) in [4.78, 5) is 30.0. The van der Waals surface area contributed by atoms with Crippen LogP contribution in [0.25, 0.3) is 0 Å². The van der Waals surface area contributed by atoms with Crippen LogP contribution in [0.2, 0.25) is 0 Å². The summed E-state index contributed by atoms with van der Waals surface area (Å²) < 4.78 is 5.58. The van der Waals surface area contributed by atoms with Crippen LogP contribution < -0.4 is 15.2 Å². The number of nitrogens with one attached hydrogen (secondary N) is 1. The fourth-order valence-electron chi connectivity index (χ4n) is 2.75. The lowest BCUT2D eigenvalue weighted by molar-refractivity contribution is -0.133. The third-order valence-electron chi connectivity index (χ3n) is 4.12. The SMILES string of the molecule is Cc1cccc(OCC(=O)N2CCN(c3ccc(=O)[nH]c3)CC2)c1. The number of rotatable bonds is 4. The quantitative estimate of drug-likeness (QED) is 0.922. The van der Waals surface area contributed by atoms with Crippen LogP contribution in [-0.2, 0) is 4.79 Å². The minimum absolute atomic E-state index is 0.00220. The van der Waals surface area contributed by atoms with E-state index in [1.807, 2.05) is 36.1 Å². The fourth-order valence-corrected chi connectivity index (χ4v) is 2.75. The zero-order valence-electron chi connectivity index (χ0n) is 13.7. The first-order valence-electron chi connectivity index (χ1n) is 8.03. The Balaban J connectivity index is 1.50. The van der Waals surface area contributed by atoms with Gasteiger partial charge >= 0.3 is 0 Å². The molecule has 1 fully saturated rings. The molecule has 6 heteroatoms. The van der Waals surface area contributed by atoms with E-state index in [9.17, 15) is 9.59 Å². The number of aromatic amines is 1. The zero-order chi connectivity index (χ0) is 16.9. The second kappa shape index (κ2) is 7.21. The Bertz CT molecular complexity index is 744. The summed E-state index contributed by atoms with van der Waals surface area (Å²) in [6.07, 6.45) is 1.71. The third kappa shape index (κ3) is 3.95. The molecule has 1 amide bonds. The second-order valence-corrected chi connectivity index (χ2v) is 5.88. The number of hydrogen-bond acceptors (Lipinski definition) is 4. The number of ether oxygens (including phenoxy) is 1. The number of amides is 1. The van der Waals surface area contributed by atoms with Crippen molar-refractivity contribution in [1.82, 2.24) is 9.88 Å². The lowest BCUT2D eigenvalue weighted by atomic mass is 10.2. The second-order valence-electron chi connectivity index (χ2n) is 5.88. The van der Waals surface area contributed by atoms with E-state index in [0.717, 1.165) is 30.1 Å². The number of pyridine rings is 1. The van der Waals surface area contributed by atoms with Gasteiger partial charge in [-0.1, -0.05) is 12.1 Å². The summed E-state index contributed by atoms with van der Waals surface area (Å²) >= 11 is 0. The van der Waals surface area contributed by atoms with Crippen LogP contribution in [0.3, 0.4) is 0 Å². The van der Waals surface area contributed by atoms with Crippen molar-refractivity contribution in [3.05, 3.63) is 58.5 Å². The molecular weight excluding hydrogens is 306 g/mol. The van der Waals surface area contributed by atoms with E-state index in [0.29, 0.717) is 13.1 Å². The molecule has 2 aromatic rings. The number of anilines is 1. The van der Waals surface area contributed by atoms with Crippen LogP contribution in [-0.4, -0.2) is 48.6 Å². The Morgan fingerprint density at radius 3 is 2.62 bits per heavy atom. The van der Waals surface area contributed by atoms with Gasteiger partial charge < -0.3 is 19.5 Å². The molecule has 1 aliphatic heterocycles. The molecule has 0 bridgehead atoms. The molecule has 1 N–H and O–H groups in total. The van der Waals surface area contributed by atoms with Gasteiger partial charge in [0.15, 0.2) is 6.61 Å². The Morgan fingerprint density at radius 2 is 1.96 bits per heavy atom. The van der Waals surface area contributed by atoms with Crippen molar-refractivity contribution < 1.29 is 9.53 Å². The van der Waals surface area contributed by atoms with Crippen LogP contribution in [0.5, 0.6) is 5.75 Å². The lowest BCUT2D eigenvalue weighted by Gasteiger charge is -2.35. The van der Waals surface area contributed by atoms with Gasteiger partial charge in [0.2, 0.25) is 5.56 Å². The summed E-state index contributed by atoms with van der Waals surface area (Å²) in [5.41, 5.74) is 1.97. The standard InChI is InChI=1S/C18H21N3O3/c1-14-3-2-4-16(11-14)24-13-18(23)21-9-7-20(8-10-21)15-5-6-17(22)19-12-15/h2-6,11-12H,7-10,13H2,1H3,(H,19,22). The molecule has 1 aromatic carbocycles. The van der Waals surface area contributed by atoms with Gasteiger partial charge in [0, 0.05) is 38.4 Å². The van der Waals surface area contributed by atoms with Gasteiger partial charge in [-0.25, -0.2) is 0 Å². The van der Waals surface area contributed by atoms with Crippen LogP contribution in [0.1, 0.15) is 5.56 Å². The maximum absolute atomic E-state index is 12.3. The molecule has 0 aliphatic carbocycles. The van der Waals surface area contributed by atoms with Crippen molar-refractivity contribution in [2.45, 2.75) is 6.92 Å². The Morgan fingerprint density at radius 1 is 1.17 bits per heavy atom. The Kier molecular flexibility index (Phi) is 4.84. The maximum Gasteiger partial charge on any atom is 0.260 e. The number of carbonyl (C=O) groups excluding carboxylic acids is 1. The van der Waals surface area contributed by atoms with E-state index in [2.05, 4.69) is 9.88 Å². The number of aryl methyl sites for hydroxylation is 1. The molecule has 0 unspecified atom stereocenters. The average Bonchev–Trinajstić information content (AvgIpc) is 2.61. The van der Waals surface area contributed by atoms with E-state index < -0.39 is 0 Å². The summed E-state index contributed by atoms with van der Waals surface area (Å²) in [5.74, 6) is 0.716. The highest BCUT2D eigenvalue weighted by molar-refractivity contribution is 5.78. The number of H-pyrrole nitrogens is 1. The van der Waals surface area contributed by atoms with Crippen LogP contribution >= 0.6 is 0 Å². The van der Waals surface area contributed by atoms with Crippen molar-refractivity contribution in [1.29, 1.82) is 0 Å². The van der Waals surface area contributed by atoms with Gasteiger partial charge in [-0.05, 0) is 30.7 Å². The molecular formula is C18H21N3O3. The molecule has 24 heavy (non-hydrogen) atoms. The van der Waals surface area contributed by atoms with Gasteiger partial charge in [0.05, 0.1) is 5.69 Å². The van der Waals surface area contributed by atoms with Crippen molar-refractivity contribution in [3.63, 3.8) is 0 Å². The van der Waals surface area contributed by atoms with E-state index in [4.69, 9.17) is 4.74 Å². The molecule has 0 radical (unpaired) electrons. The van der Waals surface area contributed by atoms with Gasteiger partial charge in [0.1, 0.15) is 5.75 Å². The first-order valence-corrected chi connectivity index (χ1v) is 8.03. The van der Waals surface area contributed by atoms with Gasteiger partial charge in [-0.2, -0.15) is 0 Å². The van der Waals surface area contributed by atoms with Crippen molar-refractivity contribution in [3.8, 4) is 5.75 Å². The normalized spacial score (nSPS) is 14.5. The van der Waals surface area contributed by atoms with Crippen molar-refractivity contribution in [2.24, 2.45) is 0 Å². The van der Waals surface area contributed by atoms with Crippen LogP contribution in [0, 0.1) is 6.92 Å². The number of aromatic nitrogens is 1. The first-order chi connectivity index (χ1) is 11.6. The fraction of sp³-hybridized carbons (Fsp3) is 0.333. The molecule has 0 spiro atoms. The van der Waals surface area contributed by atoms with Crippen LogP contribution in [0.4, 0.5) is 5.69 Å². The molecule has 1 saturated heterocycles. The number of piperazine rings is 1. The molecule has 6 nitrogen and oxygen atoms in total. The number of hydrogen-bond donors (Lipinski definition) is 1. The van der Waals surface area contributed by atoms with Crippen LogP contribution in [0.15, 0.2) is 47.4 Å². The van der Waals surface area contributed by atoms with E-state index in [1.165, 1.54) is 6.07 Å². The molecule has 1 aliphatic rings. The predicted molar refractivity (Wildman–Crippen MR) is 92.5 cm³/mol. The topological polar surface area (TPSA) is 65.6 Å². The minimum atomic E-state index is -0.110. The molecule has 0 saturated carbocycles. The molecule has 0 atom stereocenters. The molecule has 126 valence electrons. The Hall–Kier alpha value is -2.76. The summed E-state index contributed by atoms with van der Waals surface area (Å²) in [6.45, 7) is 4.82. The van der Waals surface area contributed by atoms with Crippen molar-refractivity contribution >= 4 is 11.6 Å². The third-order valence-corrected chi connectivity index (χ3v) is 4.12. The van der Waals surface area contributed by atoms with E-state index in [-0.39, 0.29) is 18.1 Å². The number of carbonyl (C=O) groups is 1. The first kappa shape index (κ1) is 16.1. The minimum Gasteiger partial charge on any atom is -0.484 e. The average molecular weight is 327 g/mol. The monoisotopic (exact) mass is 327 g/mol. The van der Waals surface area contributed by atoms with Gasteiger partial charge in [0.25, 0.3) is 5.91 Å². The molecule has 1 aromatic heterocycles. The van der Waals surface area contributed by atoms with E-state index >= 15 is 0 Å². The summed E-state index contributed by atoms with van der Waals surface area (Å²) in [6, 6.07) is 11.0. The highest BCUT2D eigenvalue weighted by Gasteiger charge is 2.21. The van der Waals surface area contributed by atoms with Gasteiger partial charge in [-0.3, -0.25) is 9.59 Å². The highest BCUT2D eigenvalue weighted by Crippen LogP contribution is 2.15. The predicted octanol–water partition coefficient (Wildman–Crippen LogP) is 1.41. The highest BCUT2D eigenvalue weighted by atomic mass is 16.5. The molecule has 3 rings (SSSR count). The zero-order valence-corrected chi connectivity index (χ0v) is 13.7. The molecule has 2 heterocycles. The van der Waals surface area contributed by atoms with Crippen molar-refractivity contribution in [2.75, 3.05) is 37.7 Å². The number of benzene rings is 1.